The van der Waals surface area contributed by atoms with E-state index in [2.05, 4.69) is 33.5 Å². The summed E-state index contributed by atoms with van der Waals surface area (Å²) in [7, 11) is -14.2. The summed E-state index contributed by atoms with van der Waals surface area (Å²) in [4.78, 5) is 77.0. The van der Waals surface area contributed by atoms with Crippen LogP contribution in [0.15, 0.2) is 15.9 Å². The average Bonchev–Trinajstić information content (AvgIpc) is 3.74. The summed E-state index contributed by atoms with van der Waals surface area (Å²) in [6, 6.07) is 0. The van der Waals surface area contributed by atoms with Crippen LogP contribution in [0, 0.1) is 0 Å². The Bertz CT molecular complexity index is 2160. The van der Waals surface area contributed by atoms with Gasteiger partial charge in [-0.2, -0.15) is 18.6 Å². The molecule has 0 bridgehead atoms. The van der Waals surface area contributed by atoms with Crippen LogP contribution in [0.3, 0.4) is 0 Å². The molecule has 0 amide bonds. The van der Waals surface area contributed by atoms with Gasteiger partial charge in [0.2, 0.25) is 11.9 Å². The molecule has 2 fully saturated rings. The van der Waals surface area contributed by atoms with Crippen molar-refractivity contribution in [2.75, 3.05) is 81.5 Å². The van der Waals surface area contributed by atoms with Gasteiger partial charge in [0.05, 0.1) is 38.9 Å². The lowest BCUT2D eigenvalue weighted by atomic mass is 10.1. The van der Waals surface area contributed by atoms with Gasteiger partial charge in [0.15, 0.2) is 23.2 Å². The van der Waals surface area contributed by atoms with Gasteiger partial charge in [-0.05, 0) is 0 Å². The number of nitrogens with zero attached hydrogens (tertiary/aromatic N) is 7. The lowest BCUT2D eigenvalue weighted by Gasteiger charge is -2.41. The van der Waals surface area contributed by atoms with E-state index in [0.717, 1.165) is 6.33 Å². The maximum atomic E-state index is 12.7. The third-order valence-corrected chi connectivity index (χ3v) is 12.7. The maximum absolute atomic E-state index is 12.7. The number of nitrogens with one attached hydrogen (secondary N) is 2. The molecule has 6 heterocycles. The number of aliphatic hydroxyl groups excluding tert-OH is 2. The van der Waals surface area contributed by atoms with E-state index >= 15 is 0 Å². The van der Waals surface area contributed by atoms with E-state index in [-0.39, 0.29) is 67.5 Å². The molecule has 0 radical (unpaired) electrons. The summed E-state index contributed by atoms with van der Waals surface area (Å²) < 4.78 is 74.3. The van der Waals surface area contributed by atoms with Crippen LogP contribution in [-0.4, -0.2) is 150 Å². The number of hydrogen-bond acceptors (Lipinski definition) is 22. The topological polar surface area (TPSA) is 388 Å². The number of methoxy groups -OCH3 is 1. The molecule has 3 aromatic heterocycles. The summed E-state index contributed by atoms with van der Waals surface area (Å²) >= 11 is 0. The van der Waals surface area contributed by atoms with E-state index in [4.69, 9.17) is 34.7 Å². The molecule has 3 unspecified atom stereocenters. The van der Waals surface area contributed by atoms with E-state index in [1.807, 2.05) is 0 Å². The lowest BCUT2D eigenvalue weighted by Crippen LogP contribution is -2.56. The SMILES string of the molecule is CO[C@@H]1[C@H](O)[C@@H](COP(=O)(O)OP(=O)(O)OP(=O)(O)OC[C@@H]2CN(CCO)C[C@H](N3CN(C)c4c3nc(N)[nH]c4=O)O2)O[C@H]1n1cnc2c(=O)[nH]c(N)nc21. The van der Waals surface area contributed by atoms with Crippen LogP contribution in [0.4, 0.5) is 23.4 Å². The Labute approximate surface area is 308 Å². The van der Waals surface area contributed by atoms with Crippen molar-refractivity contribution in [1.82, 2.24) is 34.4 Å². The smallest absolute Gasteiger partial charge is 0.395 e. The van der Waals surface area contributed by atoms with E-state index in [1.54, 1.807) is 21.7 Å². The quantitative estimate of drug-likeness (QED) is 0.0686. The molecule has 0 aliphatic carbocycles. The van der Waals surface area contributed by atoms with Gasteiger partial charge < -0.3 is 60.4 Å². The van der Waals surface area contributed by atoms with E-state index in [0.29, 0.717) is 0 Å². The number of imidazole rings is 1. The average molecular weight is 846 g/mol. The molecule has 3 aliphatic heterocycles. The van der Waals surface area contributed by atoms with Gasteiger partial charge in [0, 0.05) is 33.8 Å². The van der Waals surface area contributed by atoms with Crippen LogP contribution in [0.2, 0.25) is 0 Å². The molecule has 11 N–H and O–H groups in total. The molecule has 0 saturated carbocycles. The lowest BCUT2D eigenvalue weighted by molar-refractivity contribution is -0.103. The van der Waals surface area contributed by atoms with Crippen molar-refractivity contribution in [3.8, 4) is 0 Å². The highest BCUT2D eigenvalue weighted by molar-refractivity contribution is 7.66. The highest BCUT2D eigenvalue weighted by Crippen LogP contribution is 2.67. The Balaban J connectivity index is 1.05. The van der Waals surface area contributed by atoms with Crippen LogP contribution in [0.25, 0.3) is 11.2 Å². The molecule has 306 valence electrons. The molecule has 0 spiro atoms. The van der Waals surface area contributed by atoms with Crippen LogP contribution in [0.1, 0.15) is 6.23 Å². The number of H-pyrrole nitrogens is 2. The number of aliphatic hydroxyl groups is 2. The zero-order valence-electron chi connectivity index (χ0n) is 28.8. The third-order valence-electron chi connectivity index (χ3n) is 8.45. The molecule has 6 rings (SSSR count). The number of nitrogen functional groups attached to an aromatic ring is 2. The number of phosphoric acid groups is 3. The second-order valence-electron chi connectivity index (χ2n) is 12.3. The van der Waals surface area contributed by atoms with Crippen molar-refractivity contribution in [1.29, 1.82) is 0 Å². The maximum Gasteiger partial charge on any atom is 0.490 e. The zero-order chi connectivity index (χ0) is 40.0. The minimum atomic E-state index is -5.91. The molecular formula is C24H38N11O17P3. The van der Waals surface area contributed by atoms with Crippen molar-refractivity contribution >= 4 is 58.0 Å². The standard InChI is InChI=1S/C24H38N11O17P3/c1-32-10-35(19-15(32)21(39)31-24(26)29-19)13-6-33(3-4-36)5-11(49-13)7-47-53(40,41)51-55(44,45)52-54(42,43)48-8-12-16(37)17(46-2)22(50-12)34-9-27-14-18(34)28-23(25)30-20(14)38/h9,11-13,16-17,22,36-37H,3-8,10H2,1-2H3,(H,40,41)(H,42,43)(H,44,45)(H3,25,28,30,38)(H3,26,29,31,39)/t11-,12+,13+,16+,17+,22+/m0/s1. The monoisotopic (exact) mass is 845 g/mol. The summed E-state index contributed by atoms with van der Waals surface area (Å²) in [6.45, 7) is -1.50. The number of rotatable bonds is 15. The van der Waals surface area contributed by atoms with Crippen molar-refractivity contribution in [2.24, 2.45) is 0 Å². The third kappa shape index (κ3) is 9.10. The van der Waals surface area contributed by atoms with Crippen molar-refractivity contribution in [3.05, 3.63) is 27.0 Å². The Morgan fingerprint density at radius 3 is 2.29 bits per heavy atom. The van der Waals surface area contributed by atoms with Gasteiger partial charge in [-0.15, -0.1) is 0 Å². The minimum absolute atomic E-state index is 0.0330. The number of nitrogens with two attached hydrogens (primary N) is 2. The first-order chi connectivity index (χ1) is 25.8. The predicted molar refractivity (Wildman–Crippen MR) is 184 cm³/mol. The van der Waals surface area contributed by atoms with Gasteiger partial charge in [-0.3, -0.25) is 38.1 Å². The number of phosphoric ester groups is 2. The molecule has 55 heavy (non-hydrogen) atoms. The first-order valence-corrected chi connectivity index (χ1v) is 20.4. The van der Waals surface area contributed by atoms with Gasteiger partial charge in [0.1, 0.15) is 30.2 Å². The predicted octanol–water partition coefficient (Wildman–Crippen LogP) is -3.06. The van der Waals surface area contributed by atoms with Crippen LogP contribution in [-0.2, 0) is 45.6 Å². The zero-order valence-corrected chi connectivity index (χ0v) is 31.4. The van der Waals surface area contributed by atoms with Gasteiger partial charge in [-0.25, -0.2) is 18.7 Å². The summed E-state index contributed by atoms with van der Waals surface area (Å²) in [5.74, 6) is -0.204. The minimum Gasteiger partial charge on any atom is -0.395 e. The van der Waals surface area contributed by atoms with Crippen molar-refractivity contribution < 1.29 is 70.5 Å². The van der Waals surface area contributed by atoms with E-state index in [9.17, 15) is 48.2 Å². The van der Waals surface area contributed by atoms with Gasteiger partial charge in [0.25, 0.3) is 11.1 Å². The summed E-state index contributed by atoms with van der Waals surface area (Å²) in [5, 5.41) is 20.4. The number of aromatic nitrogens is 6. The Morgan fingerprint density at radius 2 is 1.62 bits per heavy atom. The van der Waals surface area contributed by atoms with Crippen LogP contribution < -0.4 is 32.4 Å². The Kier molecular flexibility index (Phi) is 11.9. The van der Waals surface area contributed by atoms with Crippen molar-refractivity contribution in [3.63, 3.8) is 0 Å². The second kappa shape index (κ2) is 15.9. The fourth-order valence-corrected chi connectivity index (χ4v) is 9.76. The van der Waals surface area contributed by atoms with Crippen LogP contribution in [0.5, 0.6) is 0 Å². The van der Waals surface area contributed by atoms with Crippen molar-refractivity contribution in [2.45, 2.75) is 36.9 Å². The molecule has 3 aliphatic rings. The number of aromatic amines is 2. The number of fused-ring (bicyclic) bond motifs is 2. The fourth-order valence-electron chi connectivity index (χ4n) is 6.22. The first kappa shape index (κ1) is 41.2. The molecule has 0 aromatic carbocycles. The molecule has 3 aromatic rings. The Morgan fingerprint density at radius 1 is 0.964 bits per heavy atom. The number of hydrogen-bond donors (Lipinski definition) is 9. The van der Waals surface area contributed by atoms with Gasteiger partial charge >= 0.3 is 23.5 Å². The van der Waals surface area contributed by atoms with E-state index in [1.165, 1.54) is 11.7 Å². The summed E-state index contributed by atoms with van der Waals surface area (Å²) in [6.07, 6.45) is -6.20. The molecule has 9 atom stereocenters. The largest absolute Gasteiger partial charge is 0.490 e. The normalized spacial score (nSPS) is 27.9. The molecular weight excluding hydrogens is 807 g/mol. The highest BCUT2D eigenvalue weighted by Gasteiger charge is 2.48. The van der Waals surface area contributed by atoms with Crippen LogP contribution >= 0.6 is 23.5 Å². The number of morpholine rings is 1. The fraction of sp³-hybridized carbons (Fsp3) is 0.625. The second-order valence-corrected chi connectivity index (χ2v) is 17.0. The van der Waals surface area contributed by atoms with Gasteiger partial charge in [-0.1, -0.05) is 0 Å². The highest BCUT2D eigenvalue weighted by atomic mass is 31.3. The Hall–Kier alpha value is -3.40. The van der Waals surface area contributed by atoms with E-state index < -0.39 is 84.7 Å². The molecule has 2 saturated heterocycles. The number of β-amino-alcohol motifs (C(OH)–C–C–N with tert-alkyl or cyclic N) is 1. The number of anilines is 4. The number of ether oxygens (including phenoxy) is 3. The molecule has 31 heteroatoms. The summed E-state index contributed by atoms with van der Waals surface area (Å²) in [5.41, 5.74) is 10.2. The molecule has 28 nitrogen and oxygen atoms in total. The first-order valence-electron chi connectivity index (χ1n) is 16.0.